The highest BCUT2D eigenvalue weighted by molar-refractivity contribution is 4.81. The average molecular weight is 283 g/mol. The van der Waals surface area contributed by atoms with Crippen LogP contribution >= 0.6 is 0 Å². The number of aliphatic hydroxyl groups is 1. The monoisotopic (exact) mass is 283 g/mol. The lowest BCUT2D eigenvalue weighted by molar-refractivity contribution is 0.0606. The lowest BCUT2D eigenvalue weighted by Gasteiger charge is -2.41. The second-order valence-electron chi connectivity index (χ2n) is 6.94. The summed E-state index contributed by atoms with van der Waals surface area (Å²) in [5, 5.41) is 9.22. The molecule has 2 aliphatic rings. The molecule has 2 saturated heterocycles. The van der Waals surface area contributed by atoms with Crippen LogP contribution < -0.4 is 0 Å². The molecule has 0 aromatic carbocycles. The molecule has 0 amide bonds. The van der Waals surface area contributed by atoms with Crippen molar-refractivity contribution in [3.8, 4) is 0 Å². The van der Waals surface area contributed by atoms with Crippen molar-refractivity contribution >= 4 is 0 Å². The number of hydrogen-bond acceptors (Lipinski definition) is 4. The van der Waals surface area contributed by atoms with Crippen LogP contribution in [0.1, 0.15) is 33.6 Å². The summed E-state index contributed by atoms with van der Waals surface area (Å²) in [6, 6.07) is 1.34. The van der Waals surface area contributed by atoms with Crippen LogP contribution in [0.5, 0.6) is 0 Å². The highest BCUT2D eigenvalue weighted by atomic mass is 16.3. The van der Waals surface area contributed by atoms with Gasteiger partial charge in [0.15, 0.2) is 0 Å². The molecular formula is C16H33N3O. The molecule has 118 valence electrons. The van der Waals surface area contributed by atoms with E-state index in [0.29, 0.717) is 24.6 Å². The number of rotatable bonds is 5. The largest absolute Gasteiger partial charge is 0.396 e. The second-order valence-corrected chi connectivity index (χ2v) is 6.94. The standard InChI is InChI=1S/C16H33N3O/c1-14(2)18-10-8-17(9-11-18)12-15(3)19-6-4-16(13-20)5-7-19/h14-16,20H,4-13H2,1-3H3. The van der Waals surface area contributed by atoms with E-state index in [4.69, 9.17) is 0 Å². The van der Waals surface area contributed by atoms with Crippen molar-refractivity contribution in [2.45, 2.75) is 45.7 Å². The number of likely N-dealkylation sites (tertiary alicyclic amines) is 1. The summed E-state index contributed by atoms with van der Waals surface area (Å²) in [7, 11) is 0. The molecule has 1 N–H and O–H groups in total. The molecule has 0 saturated carbocycles. The number of nitrogens with zero attached hydrogens (tertiary/aromatic N) is 3. The maximum absolute atomic E-state index is 9.22. The van der Waals surface area contributed by atoms with Crippen LogP contribution in [-0.2, 0) is 0 Å². The molecule has 0 radical (unpaired) electrons. The van der Waals surface area contributed by atoms with E-state index in [0.717, 1.165) is 0 Å². The Morgan fingerprint density at radius 2 is 1.50 bits per heavy atom. The van der Waals surface area contributed by atoms with Crippen molar-refractivity contribution in [1.29, 1.82) is 0 Å². The Kier molecular flexibility index (Phi) is 6.27. The SMILES string of the molecule is CC(C)N1CCN(CC(C)N2CCC(CO)CC2)CC1. The van der Waals surface area contributed by atoms with Gasteiger partial charge in [0.2, 0.25) is 0 Å². The first kappa shape index (κ1) is 16.2. The zero-order valence-electron chi connectivity index (χ0n) is 13.6. The van der Waals surface area contributed by atoms with Gasteiger partial charge in [0, 0.05) is 51.4 Å². The molecule has 0 spiro atoms. The van der Waals surface area contributed by atoms with Gasteiger partial charge in [-0.2, -0.15) is 0 Å². The van der Waals surface area contributed by atoms with Crippen molar-refractivity contribution in [3.63, 3.8) is 0 Å². The van der Waals surface area contributed by atoms with Crippen LogP contribution in [0.25, 0.3) is 0 Å². The van der Waals surface area contributed by atoms with Crippen molar-refractivity contribution in [2.75, 3.05) is 52.4 Å². The predicted octanol–water partition coefficient (Wildman–Crippen LogP) is 1.11. The molecular weight excluding hydrogens is 250 g/mol. The Balaban J connectivity index is 1.69. The normalized spacial score (nSPS) is 26.2. The molecule has 2 rings (SSSR count). The van der Waals surface area contributed by atoms with Crippen molar-refractivity contribution in [3.05, 3.63) is 0 Å². The Morgan fingerprint density at radius 1 is 0.900 bits per heavy atom. The highest BCUT2D eigenvalue weighted by Crippen LogP contribution is 2.19. The molecule has 0 bridgehead atoms. The summed E-state index contributed by atoms with van der Waals surface area (Å²) in [5.74, 6) is 0.549. The molecule has 2 aliphatic heterocycles. The molecule has 4 nitrogen and oxygen atoms in total. The van der Waals surface area contributed by atoms with E-state index in [1.54, 1.807) is 0 Å². The molecule has 2 heterocycles. The van der Waals surface area contributed by atoms with E-state index >= 15 is 0 Å². The number of aliphatic hydroxyl groups excluding tert-OH is 1. The third kappa shape index (κ3) is 4.42. The lowest BCUT2D eigenvalue weighted by Crippen LogP contribution is -2.53. The van der Waals surface area contributed by atoms with E-state index < -0.39 is 0 Å². The Hall–Kier alpha value is -0.160. The molecule has 4 heteroatoms. The Labute approximate surface area is 124 Å². The maximum Gasteiger partial charge on any atom is 0.0460 e. The Bertz CT molecular complexity index is 269. The van der Waals surface area contributed by atoms with Crippen molar-refractivity contribution in [2.24, 2.45) is 5.92 Å². The van der Waals surface area contributed by atoms with Crippen molar-refractivity contribution < 1.29 is 5.11 Å². The summed E-state index contributed by atoms with van der Waals surface area (Å²) in [5.41, 5.74) is 0. The van der Waals surface area contributed by atoms with Gasteiger partial charge in [0.1, 0.15) is 0 Å². The first-order valence-corrected chi connectivity index (χ1v) is 8.41. The minimum atomic E-state index is 0.374. The summed E-state index contributed by atoms with van der Waals surface area (Å²) >= 11 is 0. The topological polar surface area (TPSA) is 30.0 Å². The van der Waals surface area contributed by atoms with E-state index in [2.05, 4.69) is 35.5 Å². The number of hydrogen-bond donors (Lipinski definition) is 1. The predicted molar refractivity (Wildman–Crippen MR) is 84.0 cm³/mol. The van der Waals surface area contributed by atoms with Crippen LogP contribution in [0.3, 0.4) is 0 Å². The molecule has 1 atom stereocenters. The molecule has 2 fully saturated rings. The van der Waals surface area contributed by atoms with Crippen LogP contribution in [0, 0.1) is 5.92 Å². The second kappa shape index (κ2) is 7.74. The van der Waals surface area contributed by atoms with E-state index in [9.17, 15) is 5.11 Å². The fourth-order valence-corrected chi connectivity index (χ4v) is 3.53. The van der Waals surface area contributed by atoms with E-state index in [1.807, 2.05) is 0 Å². The fourth-order valence-electron chi connectivity index (χ4n) is 3.53. The van der Waals surface area contributed by atoms with Crippen LogP contribution in [0.2, 0.25) is 0 Å². The van der Waals surface area contributed by atoms with Crippen molar-refractivity contribution in [1.82, 2.24) is 14.7 Å². The average Bonchev–Trinajstić information content (AvgIpc) is 2.48. The highest BCUT2D eigenvalue weighted by Gasteiger charge is 2.25. The van der Waals surface area contributed by atoms with Crippen LogP contribution in [0.4, 0.5) is 0 Å². The maximum atomic E-state index is 9.22. The van der Waals surface area contributed by atoms with E-state index in [1.165, 1.54) is 58.7 Å². The fraction of sp³-hybridized carbons (Fsp3) is 1.00. The van der Waals surface area contributed by atoms with Gasteiger partial charge < -0.3 is 5.11 Å². The van der Waals surface area contributed by atoms with Gasteiger partial charge in [-0.15, -0.1) is 0 Å². The van der Waals surface area contributed by atoms with Gasteiger partial charge in [-0.25, -0.2) is 0 Å². The quantitative estimate of drug-likeness (QED) is 0.818. The molecule has 1 unspecified atom stereocenters. The van der Waals surface area contributed by atoms with Gasteiger partial charge in [-0.05, 0) is 52.6 Å². The molecule has 0 aliphatic carbocycles. The summed E-state index contributed by atoms with van der Waals surface area (Å²) in [6.45, 7) is 15.7. The molecule has 0 aromatic heterocycles. The third-order valence-corrected chi connectivity index (χ3v) is 5.19. The van der Waals surface area contributed by atoms with Crippen LogP contribution in [-0.4, -0.2) is 84.3 Å². The summed E-state index contributed by atoms with van der Waals surface area (Å²) in [4.78, 5) is 7.82. The van der Waals surface area contributed by atoms with Gasteiger partial charge >= 0.3 is 0 Å². The summed E-state index contributed by atoms with van der Waals surface area (Å²) < 4.78 is 0. The Morgan fingerprint density at radius 3 is 2.00 bits per heavy atom. The minimum absolute atomic E-state index is 0.374. The summed E-state index contributed by atoms with van der Waals surface area (Å²) in [6.07, 6.45) is 2.34. The van der Waals surface area contributed by atoms with Gasteiger partial charge in [0.05, 0.1) is 0 Å². The number of piperazine rings is 1. The van der Waals surface area contributed by atoms with E-state index in [-0.39, 0.29) is 0 Å². The van der Waals surface area contributed by atoms with Gasteiger partial charge in [-0.3, -0.25) is 14.7 Å². The smallest absolute Gasteiger partial charge is 0.0460 e. The molecule has 0 aromatic rings. The minimum Gasteiger partial charge on any atom is -0.396 e. The first-order valence-electron chi connectivity index (χ1n) is 8.41. The zero-order chi connectivity index (χ0) is 14.5. The van der Waals surface area contributed by atoms with Gasteiger partial charge in [-0.1, -0.05) is 0 Å². The number of piperidine rings is 1. The van der Waals surface area contributed by atoms with Gasteiger partial charge in [0.25, 0.3) is 0 Å². The lowest BCUT2D eigenvalue weighted by atomic mass is 9.97. The molecule has 20 heavy (non-hydrogen) atoms. The first-order chi connectivity index (χ1) is 9.60. The van der Waals surface area contributed by atoms with Crippen LogP contribution in [0.15, 0.2) is 0 Å². The third-order valence-electron chi connectivity index (χ3n) is 5.19. The zero-order valence-corrected chi connectivity index (χ0v) is 13.6.